The number of halogens is 3. The van der Waals surface area contributed by atoms with E-state index in [2.05, 4.69) is 0 Å². The van der Waals surface area contributed by atoms with E-state index < -0.39 is 42.3 Å². The van der Waals surface area contributed by atoms with Crippen LogP contribution in [0.5, 0.6) is 0 Å². The second-order valence-electron chi connectivity index (χ2n) is 8.85. The quantitative estimate of drug-likeness (QED) is 0.782. The van der Waals surface area contributed by atoms with E-state index in [0.717, 1.165) is 5.56 Å². The minimum absolute atomic E-state index is 0.295. The molecule has 1 saturated heterocycles. The monoisotopic (exact) mass is 441 g/mol. The van der Waals surface area contributed by atoms with Gasteiger partial charge in [-0.05, 0) is 45.2 Å². The molecule has 0 unspecified atom stereocenters. The summed E-state index contributed by atoms with van der Waals surface area (Å²) in [6.07, 6.45) is -4.31. The number of carbonyl (C=O) groups excluding carboxylic acids is 3. The molecular weight excluding hydrogens is 415 g/mol. The molecular formula is C21H26F3N3O4. The number of benzene rings is 1. The van der Waals surface area contributed by atoms with Crippen molar-refractivity contribution in [2.45, 2.75) is 50.8 Å². The minimum Gasteiger partial charge on any atom is -0.444 e. The van der Waals surface area contributed by atoms with Gasteiger partial charge in [-0.3, -0.25) is 9.59 Å². The number of alkyl halides is 3. The Morgan fingerprint density at radius 1 is 1.13 bits per heavy atom. The van der Waals surface area contributed by atoms with Gasteiger partial charge in [0.1, 0.15) is 18.7 Å². The Hall–Kier alpha value is -2.78. The van der Waals surface area contributed by atoms with Gasteiger partial charge in [-0.25, -0.2) is 4.79 Å². The number of carbonyl (C=O) groups is 3. The molecule has 0 radical (unpaired) electrons. The highest BCUT2D eigenvalue weighted by Gasteiger charge is 2.52. The first-order valence-corrected chi connectivity index (χ1v) is 10.1. The fourth-order valence-corrected chi connectivity index (χ4v) is 4.03. The summed E-state index contributed by atoms with van der Waals surface area (Å²) < 4.78 is 42.6. The molecule has 170 valence electrons. The van der Waals surface area contributed by atoms with Gasteiger partial charge in [-0.1, -0.05) is 18.2 Å². The molecule has 0 bridgehead atoms. The predicted octanol–water partition coefficient (Wildman–Crippen LogP) is 2.98. The van der Waals surface area contributed by atoms with Crippen molar-refractivity contribution >= 4 is 23.6 Å². The fourth-order valence-electron chi connectivity index (χ4n) is 4.03. The van der Waals surface area contributed by atoms with E-state index in [9.17, 15) is 27.6 Å². The first-order valence-electron chi connectivity index (χ1n) is 10.1. The SMILES string of the molecule is CC(C)(C)OC(=O)N1CCC2(CC1)C(=O)N(CC(=O)NCC(F)(F)F)c1ccccc12. The van der Waals surface area contributed by atoms with Crippen molar-refractivity contribution in [3.63, 3.8) is 0 Å². The first kappa shape index (κ1) is 22.9. The third kappa shape index (κ3) is 4.94. The molecule has 0 saturated carbocycles. The van der Waals surface area contributed by atoms with Crippen LogP contribution in [0.25, 0.3) is 0 Å². The molecule has 1 N–H and O–H groups in total. The highest BCUT2D eigenvalue weighted by atomic mass is 19.4. The molecule has 1 aromatic rings. The number of fused-ring (bicyclic) bond motifs is 2. The van der Waals surface area contributed by atoms with Crippen LogP contribution < -0.4 is 10.2 Å². The first-order chi connectivity index (χ1) is 14.3. The van der Waals surface area contributed by atoms with E-state index in [1.807, 2.05) is 5.32 Å². The van der Waals surface area contributed by atoms with Gasteiger partial charge < -0.3 is 19.9 Å². The van der Waals surface area contributed by atoms with E-state index in [4.69, 9.17) is 4.74 Å². The summed E-state index contributed by atoms with van der Waals surface area (Å²) in [5, 5.41) is 1.81. The maximum absolute atomic E-state index is 13.4. The van der Waals surface area contributed by atoms with Crippen LogP contribution in [0.1, 0.15) is 39.2 Å². The van der Waals surface area contributed by atoms with Crippen LogP contribution in [0.2, 0.25) is 0 Å². The van der Waals surface area contributed by atoms with Gasteiger partial charge in [-0.15, -0.1) is 0 Å². The van der Waals surface area contributed by atoms with E-state index in [1.165, 1.54) is 4.90 Å². The average Bonchev–Trinajstić information content (AvgIpc) is 2.88. The molecule has 1 spiro atoms. The molecule has 2 heterocycles. The molecule has 1 aromatic carbocycles. The Morgan fingerprint density at radius 3 is 2.32 bits per heavy atom. The van der Waals surface area contributed by atoms with Crippen LogP contribution in [0.3, 0.4) is 0 Å². The van der Waals surface area contributed by atoms with E-state index in [0.29, 0.717) is 31.6 Å². The zero-order valence-corrected chi connectivity index (χ0v) is 17.7. The topological polar surface area (TPSA) is 79.0 Å². The normalized spacial score (nSPS) is 18.2. The van der Waals surface area contributed by atoms with Crippen molar-refractivity contribution in [2.75, 3.05) is 31.1 Å². The summed E-state index contributed by atoms with van der Waals surface area (Å²) in [5.74, 6) is -1.22. The number of nitrogens with zero attached hydrogens (tertiary/aromatic N) is 2. The highest BCUT2D eigenvalue weighted by molar-refractivity contribution is 6.10. The molecule has 3 rings (SSSR count). The standard InChI is InChI=1S/C21H26F3N3O4/c1-19(2,3)31-18(30)26-10-8-20(9-11-26)14-6-4-5-7-15(14)27(17(20)29)12-16(28)25-13-21(22,23)24/h4-7H,8-13H2,1-3H3,(H,25,28). The Labute approximate surface area is 178 Å². The summed E-state index contributed by atoms with van der Waals surface area (Å²) in [6.45, 7) is 3.96. The fraction of sp³-hybridized carbons (Fsp3) is 0.571. The molecule has 0 atom stereocenters. The summed E-state index contributed by atoms with van der Waals surface area (Å²) in [6, 6.07) is 6.96. The third-order valence-electron chi connectivity index (χ3n) is 5.42. The molecule has 3 amide bonds. The van der Waals surface area contributed by atoms with Crippen LogP contribution in [-0.4, -0.2) is 60.8 Å². The summed E-state index contributed by atoms with van der Waals surface area (Å²) in [5.41, 5.74) is -0.310. The lowest BCUT2D eigenvalue weighted by atomic mass is 9.74. The van der Waals surface area contributed by atoms with Gasteiger partial charge >= 0.3 is 12.3 Å². The van der Waals surface area contributed by atoms with Crippen molar-refractivity contribution in [1.82, 2.24) is 10.2 Å². The van der Waals surface area contributed by atoms with Crippen LogP contribution in [0.4, 0.5) is 23.7 Å². The van der Waals surface area contributed by atoms with Gasteiger partial charge in [0.15, 0.2) is 0 Å². The Kier molecular flexibility index (Phi) is 5.94. The van der Waals surface area contributed by atoms with Crippen LogP contribution in [0.15, 0.2) is 24.3 Å². The Balaban J connectivity index is 1.75. The largest absolute Gasteiger partial charge is 0.444 e. The average molecular weight is 441 g/mol. The number of rotatable bonds is 3. The lowest BCUT2D eigenvalue weighted by molar-refractivity contribution is -0.138. The minimum atomic E-state index is -4.53. The molecule has 0 aromatic heterocycles. The number of anilines is 1. The molecule has 2 aliphatic heterocycles. The van der Waals surface area contributed by atoms with Gasteiger partial charge in [0.2, 0.25) is 11.8 Å². The van der Waals surface area contributed by atoms with E-state index in [-0.39, 0.29) is 5.91 Å². The van der Waals surface area contributed by atoms with Crippen LogP contribution in [-0.2, 0) is 19.7 Å². The van der Waals surface area contributed by atoms with Gasteiger partial charge in [0.05, 0.1) is 5.41 Å². The number of likely N-dealkylation sites (tertiary alicyclic amines) is 1. The predicted molar refractivity (Wildman–Crippen MR) is 107 cm³/mol. The zero-order valence-electron chi connectivity index (χ0n) is 17.7. The van der Waals surface area contributed by atoms with Gasteiger partial charge in [0, 0.05) is 18.8 Å². The molecule has 10 heteroatoms. The Morgan fingerprint density at radius 2 is 1.74 bits per heavy atom. The van der Waals surface area contributed by atoms with Crippen molar-refractivity contribution in [3.05, 3.63) is 29.8 Å². The van der Waals surface area contributed by atoms with Crippen molar-refractivity contribution < 1.29 is 32.3 Å². The molecule has 0 aliphatic carbocycles. The molecule has 1 fully saturated rings. The van der Waals surface area contributed by atoms with Crippen molar-refractivity contribution in [2.24, 2.45) is 0 Å². The van der Waals surface area contributed by atoms with E-state index >= 15 is 0 Å². The van der Waals surface area contributed by atoms with Crippen molar-refractivity contribution in [3.8, 4) is 0 Å². The number of ether oxygens (including phenoxy) is 1. The number of para-hydroxylation sites is 1. The molecule has 7 nitrogen and oxygen atoms in total. The maximum Gasteiger partial charge on any atom is 0.410 e. The van der Waals surface area contributed by atoms with Gasteiger partial charge in [-0.2, -0.15) is 13.2 Å². The number of hydrogen-bond donors (Lipinski definition) is 1. The van der Waals surface area contributed by atoms with E-state index in [1.54, 1.807) is 49.9 Å². The highest BCUT2D eigenvalue weighted by Crippen LogP contribution is 2.47. The smallest absolute Gasteiger partial charge is 0.410 e. The van der Waals surface area contributed by atoms with Gasteiger partial charge in [0.25, 0.3) is 0 Å². The number of hydrogen-bond acceptors (Lipinski definition) is 4. The lowest BCUT2D eigenvalue weighted by Crippen LogP contribution is -2.52. The van der Waals surface area contributed by atoms with Crippen LogP contribution >= 0.6 is 0 Å². The second kappa shape index (κ2) is 8.05. The summed E-state index contributed by atoms with van der Waals surface area (Å²) in [4.78, 5) is 40.6. The summed E-state index contributed by atoms with van der Waals surface area (Å²) in [7, 11) is 0. The Bertz CT molecular complexity index is 871. The zero-order chi connectivity index (χ0) is 23.0. The molecule has 31 heavy (non-hydrogen) atoms. The van der Waals surface area contributed by atoms with Crippen molar-refractivity contribution in [1.29, 1.82) is 0 Å². The second-order valence-corrected chi connectivity index (χ2v) is 8.85. The third-order valence-corrected chi connectivity index (χ3v) is 5.42. The lowest BCUT2D eigenvalue weighted by Gasteiger charge is -2.38. The number of nitrogens with one attached hydrogen (secondary N) is 1. The molecule has 2 aliphatic rings. The number of piperidine rings is 1. The number of amides is 3. The summed E-state index contributed by atoms with van der Waals surface area (Å²) >= 11 is 0. The van der Waals surface area contributed by atoms with Crippen LogP contribution in [0, 0.1) is 0 Å². The maximum atomic E-state index is 13.4.